The van der Waals surface area contributed by atoms with Crippen LogP contribution in [0.15, 0.2) is 23.2 Å². The van der Waals surface area contributed by atoms with Crippen molar-refractivity contribution in [2.75, 3.05) is 27.2 Å². The maximum Gasteiger partial charge on any atom is 0.198 e. The zero-order chi connectivity index (χ0) is 13.8. The molecule has 4 nitrogen and oxygen atoms in total. The average molecular weight is 259 g/mol. The smallest absolute Gasteiger partial charge is 0.198 e. The van der Waals surface area contributed by atoms with Crippen molar-refractivity contribution >= 4 is 17.1 Å². The summed E-state index contributed by atoms with van der Waals surface area (Å²) in [7, 11) is 4.11. The number of rotatable bonds is 5. The Morgan fingerprint density at radius 1 is 1.37 bits per heavy atom. The van der Waals surface area contributed by atoms with E-state index in [1.165, 1.54) is 5.56 Å². The molecule has 1 aromatic heterocycles. The van der Waals surface area contributed by atoms with Crippen LogP contribution < -0.4 is 0 Å². The lowest BCUT2D eigenvalue weighted by atomic mass is 10.1. The van der Waals surface area contributed by atoms with Crippen LogP contribution in [-0.2, 0) is 0 Å². The molecule has 0 aliphatic heterocycles. The third kappa shape index (κ3) is 3.35. The van der Waals surface area contributed by atoms with E-state index in [2.05, 4.69) is 35.0 Å². The first-order valence-electron chi connectivity index (χ1n) is 6.54. The molecule has 0 saturated carbocycles. The summed E-state index contributed by atoms with van der Waals surface area (Å²) in [6, 6.07) is 6.07. The number of hydrogen-bond donors (Lipinski definition) is 2. The summed E-state index contributed by atoms with van der Waals surface area (Å²) in [6.45, 7) is 3.84. The molecule has 0 amide bonds. The van der Waals surface area contributed by atoms with Gasteiger partial charge in [-0.15, -0.1) is 0 Å². The number of aryl methyl sites for hydroxylation is 1. The van der Waals surface area contributed by atoms with E-state index in [-0.39, 0.29) is 5.88 Å². The van der Waals surface area contributed by atoms with Gasteiger partial charge >= 0.3 is 0 Å². The van der Waals surface area contributed by atoms with Crippen LogP contribution in [0.4, 0.5) is 0 Å². The molecule has 19 heavy (non-hydrogen) atoms. The fourth-order valence-corrected chi connectivity index (χ4v) is 2.08. The molecule has 4 heteroatoms. The van der Waals surface area contributed by atoms with Crippen LogP contribution in [0.25, 0.3) is 10.9 Å². The fourth-order valence-electron chi connectivity index (χ4n) is 2.08. The van der Waals surface area contributed by atoms with E-state index < -0.39 is 0 Å². The van der Waals surface area contributed by atoms with Crippen LogP contribution in [0.2, 0.25) is 0 Å². The molecule has 2 aromatic rings. The highest BCUT2D eigenvalue weighted by atomic mass is 16.3. The third-order valence-corrected chi connectivity index (χ3v) is 3.09. The van der Waals surface area contributed by atoms with E-state index in [0.29, 0.717) is 0 Å². The molecule has 2 N–H and O–H groups in total. The summed E-state index contributed by atoms with van der Waals surface area (Å²) in [4.78, 5) is 9.51. The molecule has 2 rings (SSSR count). The third-order valence-electron chi connectivity index (χ3n) is 3.09. The minimum Gasteiger partial charge on any atom is -0.494 e. The van der Waals surface area contributed by atoms with Gasteiger partial charge in [-0.1, -0.05) is 11.6 Å². The van der Waals surface area contributed by atoms with Gasteiger partial charge in [0.25, 0.3) is 0 Å². The average Bonchev–Trinajstić information content (AvgIpc) is 2.65. The normalized spacial score (nSPS) is 12.0. The number of aliphatic imine (C=N–C) groups is 1. The van der Waals surface area contributed by atoms with Crippen LogP contribution >= 0.6 is 0 Å². The molecule has 0 unspecified atom stereocenters. The molecule has 0 saturated heterocycles. The number of aromatic amines is 1. The van der Waals surface area contributed by atoms with Crippen LogP contribution in [0.5, 0.6) is 5.88 Å². The summed E-state index contributed by atoms with van der Waals surface area (Å²) in [6.07, 6.45) is 2.79. The van der Waals surface area contributed by atoms with E-state index in [0.717, 1.165) is 36.0 Å². The Labute approximate surface area is 113 Å². The number of nitrogens with one attached hydrogen (secondary N) is 1. The molecule has 0 spiro atoms. The zero-order valence-corrected chi connectivity index (χ0v) is 11.8. The topological polar surface area (TPSA) is 51.6 Å². The van der Waals surface area contributed by atoms with Gasteiger partial charge < -0.3 is 15.0 Å². The van der Waals surface area contributed by atoms with E-state index in [1.54, 1.807) is 6.21 Å². The predicted molar refractivity (Wildman–Crippen MR) is 80.3 cm³/mol. The second-order valence-corrected chi connectivity index (χ2v) is 5.13. The molecule has 102 valence electrons. The summed E-state index contributed by atoms with van der Waals surface area (Å²) >= 11 is 0. The summed E-state index contributed by atoms with van der Waals surface area (Å²) in [5, 5.41) is 10.9. The van der Waals surface area contributed by atoms with Crippen molar-refractivity contribution in [2.24, 2.45) is 4.99 Å². The van der Waals surface area contributed by atoms with Gasteiger partial charge in [-0.3, -0.25) is 4.99 Å². The molecule has 0 fully saturated rings. The van der Waals surface area contributed by atoms with Gasteiger partial charge in [0.05, 0.1) is 5.56 Å². The zero-order valence-electron chi connectivity index (χ0n) is 11.8. The molecule has 0 atom stereocenters. The van der Waals surface area contributed by atoms with Crippen molar-refractivity contribution in [1.82, 2.24) is 9.88 Å². The van der Waals surface area contributed by atoms with Gasteiger partial charge in [0.1, 0.15) is 0 Å². The van der Waals surface area contributed by atoms with Gasteiger partial charge in [0, 0.05) is 23.7 Å². The lowest BCUT2D eigenvalue weighted by Gasteiger charge is -2.06. The predicted octanol–water partition coefficient (Wildman–Crippen LogP) is 2.55. The van der Waals surface area contributed by atoms with Gasteiger partial charge in [0.2, 0.25) is 0 Å². The van der Waals surface area contributed by atoms with Crippen LogP contribution in [0.1, 0.15) is 17.5 Å². The molecular formula is C15H21N3O. The van der Waals surface area contributed by atoms with Crippen LogP contribution in [-0.4, -0.2) is 48.4 Å². The molecule has 0 aliphatic carbocycles. The van der Waals surface area contributed by atoms with Crippen LogP contribution in [0, 0.1) is 6.92 Å². The lowest BCUT2D eigenvalue weighted by Crippen LogP contribution is -2.13. The number of aromatic hydroxyl groups is 1. The minimum atomic E-state index is 0.192. The number of hydrogen-bond acceptors (Lipinski definition) is 3. The summed E-state index contributed by atoms with van der Waals surface area (Å²) in [5.41, 5.74) is 2.90. The SMILES string of the molecule is Cc1ccc2[nH]c(O)c(C=NCCCN(C)C)c2c1. The Bertz CT molecular complexity index is 584. The Hall–Kier alpha value is -1.81. The Morgan fingerprint density at radius 3 is 2.89 bits per heavy atom. The number of aromatic nitrogens is 1. The molecule has 1 aromatic carbocycles. The molecular weight excluding hydrogens is 238 g/mol. The molecule has 0 aliphatic rings. The minimum absolute atomic E-state index is 0.192. The van der Waals surface area contributed by atoms with Crippen molar-refractivity contribution in [3.63, 3.8) is 0 Å². The van der Waals surface area contributed by atoms with Crippen LogP contribution in [0.3, 0.4) is 0 Å². The summed E-state index contributed by atoms with van der Waals surface area (Å²) in [5.74, 6) is 0.192. The van der Waals surface area contributed by atoms with E-state index in [9.17, 15) is 5.11 Å². The number of nitrogens with zero attached hydrogens (tertiary/aromatic N) is 2. The van der Waals surface area contributed by atoms with Gasteiger partial charge in [-0.25, -0.2) is 0 Å². The molecule has 0 bridgehead atoms. The summed E-state index contributed by atoms with van der Waals surface area (Å²) < 4.78 is 0. The Kier molecular flexibility index (Phi) is 4.22. The van der Waals surface area contributed by atoms with Crippen molar-refractivity contribution in [1.29, 1.82) is 0 Å². The standard InChI is InChI=1S/C15H21N3O/c1-11-5-6-14-12(9-11)13(15(19)17-14)10-16-7-4-8-18(2)3/h5-6,9-10,17,19H,4,7-8H2,1-3H3. The lowest BCUT2D eigenvalue weighted by molar-refractivity contribution is 0.403. The highest BCUT2D eigenvalue weighted by molar-refractivity contribution is 6.02. The van der Waals surface area contributed by atoms with Crippen molar-refractivity contribution < 1.29 is 5.11 Å². The van der Waals surface area contributed by atoms with Crippen molar-refractivity contribution in [3.8, 4) is 5.88 Å². The number of fused-ring (bicyclic) bond motifs is 1. The monoisotopic (exact) mass is 259 g/mol. The van der Waals surface area contributed by atoms with E-state index >= 15 is 0 Å². The first kappa shape index (κ1) is 13.6. The Morgan fingerprint density at radius 2 is 2.16 bits per heavy atom. The van der Waals surface area contributed by atoms with Gasteiger partial charge in [-0.2, -0.15) is 0 Å². The largest absolute Gasteiger partial charge is 0.494 e. The van der Waals surface area contributed by atoms with Gasteiger partial charge in [0.15, 0.2) is 5.88 Å². The molecule has 1 heterocycles. The highest BCUT2D eigenvalue weighted by Gasteiger charge is 2.08. The molecule has 0 radical (unpaired) electrons. The Balaban J connectivity index is 2.13. The van der Waals surface area contributed by atoms with E-state index in [1.807, 2.05) is 19.1 Å². The number of H-pyrrole nitrogens is 1. The second-order valence-electron chi connectivity index (χ2n) is 5.13. The maximum atomic E-state index is 9.92. The fraction of sp³-hybridized carbons (Fsp3) is 0.400. The number of benzene rings is 1. The quantitative estimate of drug-likeness (QED) is 0.640. The van der Waals surface area contributed by atoms with Crippen molar-refractivity contribution in [3.05, 3.63) is 29.3 Å². The van der Waals surface area contributed by atoms with E-state index in [4.69, 9.17) is 0 Å². The second kappa shape index (κ2) is 5.89. The first-order valence-corrected chi connectivity index (χ1v) is 6.54. The highest BCUT2D eigenvalue weighted by Crippen LogP contribution is 2.26. The maximum absolute atomic E-state index is 9.92. The van der Waals surface area contributed by atoms with Gasteiger partial charge in [-0.05, 0) is 46.1 Å². The van der Waals surface area contributed by atoms with Crippen molar-refractivity contribution in [2.45, 2.75) is 13.3 Å². The first-order chi connectivity index (χ1) is 9.08.